The molecule has 0 aliphatic rings. The number of rotatable bonds is 8. The summed E-state index contributed by atoms with van der Waals surface area (Å²) in [5.41, 5.74) is 3.91. The number of hydrogen-bond donors (Lipinski definition) is 1. The van der Waals surface area contributed by atoms with Crippen molar-refractivity contribution in [2.45, 2.75) is 39.7 Å². The maximum absolute atomic E-state index is 12.7. The van der Waals surface area contributed by atoms with Crippen LogP contribution in [0.3, 0.4) is 0 Å². The summed E-state index contributed by atoms with van der Waals surface area (Å²) >= 11 is 5.92. The van der Waals surface area contributed by atoms with Crippen molar-refractivity contribution < 1.29 is 9.72 Å². The Morgan fingerprint density at radius 2 is 1.91 bits per heavy atom. The van der Waals surface area contributed by atoms with Crippen LogP contribution >= 0.6 is 11.6 Å². The summed E-state index contributed by atoms with van der Waals surface area (Å²) in [6, 6.07) is 15.1. The van der Waals surface area contributed by atoms with Crippen molar-refractivity contribution >= 4 is 40.0 Å². The summed E-state index contributed by atoms with van der Waals surface area (Å²) in [5, 5.41) is 14.7. The van der Waals surface area contributed by atoms with Gasteiger partial charge in [0.1, 0.15) is 11.3 Å². The summed E-state index contributed by atoms with van der Waals surface area (Å²) in [6.07, 6.45) is 2.72. The second kappa shape index (κ2) is 10.0. The number of amides is 1. The van der Waals surface area contributed by atoms with Gasteiger partial charge in [-0.05, 0) is 49.2 Å². The van der Waals surface area contributed by atoms with Gasteiger partial charge in [0.15, 0.2) is 5.65 Å². The van der Waals surface area contributed by atoms with Gasteiger partial charge < -0.3 is 9.88 Å². The van der Waals surface area contributed by atoms with Crippen molar-refractivity contribution in [2.75, 3.05) is 5.32 Å². The molecule has 4 aromatic rings. The number of halogens is 1. The van der Waals surface area contributed by atoms with Crippen LogP contribution in [0.1, 0.15) is 47.2 Å². The Bertz CT molecular complexity index is 1370. The second-order valence-electron chi connectivity index (χ2n) is 8.07. The standard InChI is InChI=1S/C25H24ClN5O3/c1-3-4-8-23-28-22-14-21(29-25(32)18-9-11-19(26)12-10-18)16(2)27-24(22)30(23)15-17-6-5-7-20(13-17)31(33)34/h5-7,9-14H,3-4,8,15H2,1-2H3,(H,29,32). The van der Waals surface area contributed by atoms with Gasteiger partial charge in [-0.15, -0.1) is 0 Å². The highest BCUT2D eigenvalue weighted by molar-refractivity contribution is 6.30. The predicted molar refractivity (Wildman–Crippen MR) is 132 cm³/mol. The molecule has 0 aliphatic carbocycles. The van der Waals surface area contributed by atoms with Gasteiger partial charge in [0.05, 0.1) is 22.8 Å². The van der Waals surface area contributed by atoms with E-state index in [9.17, 15) is 14.9 Å². The van der Waals surface area contributed by atoms with Crippen molar-refractivity contribution in [3.63, 3.8) is 0 Å². The average molecular weight is 478 g/mol. The lowest BCUT2D eigenvalue weighted by atomic mass is 10.2. The number of nitrogens with one attached hydrogen (secondary N) is 1. The maximum Gasteiger partial charge on any atom is 0.269 e. The molecule has 1 N–H and O–H groups in total. The predicted octanol–water partition coefficient (Wildman–Crippen LogP) is 5.94. The fourth-order valence-electron chi connectivity index (χ4n) is 3.75. The number of nitro benzene ring substituents is 1. The normalized spacial score (nSPS) is 11.0. The number of fused-ring (bicyclic) bond motifs is 1. The summed E-state index contributed by atoms with van der Waals surface area (Å²) < 4.78 is 2.00. The lowest BCUT2D eigenvalue weighted by Gasteiger charge is -2.11. The van der Waals surface area contributed by atoms with E-state index in [0.717, 1.165) is 30.7 Å². The third-order valence-electron chi connectivity index (χ3n) is 5.56. The number of unbranched alkanes of at least 4 members (excludes halogenated alkanes) is 1. The van der Waals surface area contributed by atoms with E-state index in [0.29, 0.717) is 39.7 Å². The van der Waals surface area contributed by atoms with Crippen molar-refractivity contribution in [1.29, 1.82) is 0 Å². The molecule has 2 aromatic carbocycles. The molecule has 0 spiro atoms. The quantitative estimate of drug-likeness (QED) is 0.249. The minimum Gasteiger partial charge on any atom is -0.320 e. The number of pyridine rings is 1. The molecule has 8 nitrogen and oxygen atoms in total. The van der Waals surface area contributed by atoms with Gasteiger partial charge in [0.25, 0.3) is 11.6 Å². The number of aromatic nitrogens is 3. The van der Waals surface area contributed by atoms with E-state index in [4.69, 9.17) is 21.6 Å². The average Bonchev–Trinajstić information content (AvgIpc) is 3.14. The van der Waals surface area contributed by atoms with Crippen molar-refractivity contribution in [3.8, 4) is 0 Å². The molecule has 2 heterocycles. The number of imidazole rings is 1. The van der Waals surface area contributed by atoms with E-state index in [1.807, 2.05) is 23.6 Å². The first kappa shape index (κ1) is 23.4. The zero-order valence-corrected chi connectivity index (χ0v) is 19.7. The van der Waals surface area contributed by atoms with Crippen LogP contribution in [0, 0.1) is 17.0 Å². The van der Waals surface area contributed by atoms with Gasteiger partial charge in [-0.1, -0.05) is 37.1 Å². The van der Waals surface area contributed by atoms with Gasteiger partial charge in [-0.25, -0.2) is 9.97 Å². The van der Waals surface area contributed by atoms with Crippen LogP contribution < -0.4 is 5.32 Å². The Morgan fingerprint density at radius 1 is 1.15 bits per heavy atom. The molecule has 0 radical (unpaired) electrons. The summed E-state index contributed by atoms with van der Waals surface area (Å²) in [6.45, 7) is 4.35. The van der Waals surface area contributed by atoms with Crippen LogP contribution in [0.2, 0.25) is 5.02 Å². The van der Waals surface area contributed by atoms with Gasteiger partial charge in [0, 0.05) is 29.1 Å². The molecule has 0 atom stereocenters. The molecule has 0 saturated heterocycles. The molecular formula is C25H24ClN5O3. The highest BCUT2D eigenvalue weighted by atomic mass is 35.5. The van der Waals surface area contributed by atoms with Gasteiger partial charge in [-0.3, -0.25) is 14.9 Å². The topological polar surface area (TPSA) is 103 Å². The number of anilines is 1. The summed E-state index contributed by atoms with van der Waals surface area (Å²) in [7, 11) is 0. The van der Waals surface area contributed by atoms with Crippen molar-refractivity contribution in [3.05, 3.63) is 92.4 Å². The molecule has 0 unspecified atom stereocenters. The third kappa shape index (κ3) is 5.07. The smallest absolute Gasteiger partial charge is 0.269 e. The lowest BCUT2D eigenvalue weighted by molar-refractivity contribution is -0.384. The Morgan fingerprint density at radius 3 is 2.62 bits per heavy atom. The molecular weight excluding hydrogens is 454 g/mol. The SMILES string of the molecule is CCCCc1nc2cc(NC(=O)c3ccc(Cl)cc3)c(C)nc2n1Cc1cccc([N+](=O)[O-])c1. The molecule has 0 bridgehead atoms. The molecule has 34 heavy (non-hydrogen) atoms. The first-order chi connectivity index (χ1) is 16.4. The molecule has 0 aliphatic heterocycles. The number of hydrogen-bond acceptors (Lipinski definition) is 5. The molecule has 0 saturated carbocycles. The van der Waals surface area contributed by atoms with Crippen LogP contribution in [-0.2, 0) is 13.0 Å². The number of nitrogens with zero attached hydrogens (tertiary/aromatic N) is 4. The largest absolute Gasteiger partial charge is 0.320 e. The van der Waals surface area contributed by atoms with Crippen molar-refractivity contribution in [2.24, 2.45) is 0 Å². The van der Waals surface area contributed by atoms with E-state index in [2.05, 4.69) is 12.2 Å². The zero-order chi connectivity index (χ0) is 24.2. The van der Waals surface area contributed by atoms with Gasteiger partial charge in [0.2, 0.25) is 0 Å². The fourth-order valence-corrected chi connectivity index (χ4v) is 3.88. The Kier molecular flexibility index (Phi) is 6.88. The zero-order valence-electron chi connectivity index (χ0n) is 18.9. The second-order valence-corrected chi connectivity index (χ2v) is 8.51. The Labute approximate surface area is 201 Å². The lowest BCUT2D eigenvalue weighted by Crippen LogP contribution is -2.13. The van der Waals surface area contributed by atoms with Crippen LogP contribution in [0.15, 0.2) is 54.6 Å². The molecule has 2 aromatic heterocycles. The highest BCUT2D eigenvalue weighted by Gasteiger charge is 2.17. The Balaban J connectivity index is 1.70. The number of nitro groups is 1. The van der Waals surface area contributed by atoms with E-state index in [1.54, 1.807) is 36.4 Å². The van der Waals surface area contributed by atoms with Crippen molar-refractivity contribution in [1.82, 2.24) is 14.5 Å². The van der Waals surface area contributed by atoms with E-state index in [1.165, 1.54) is 6.07 Å². The van der Waals surface area contributed by atoms with Crippen LogP contribution in [-0.4, -0.2) is 25.4 Å². The van der Waals surface area contributed by atoms with Crippen LogP contribution in [0.4, 0.5) is 11.4 Å². The first-order valence-electron chi connectivity index (χ1n) is 11.0. The van der Waals surface area contributed by atoms with E-state index in [-0.39, 0.29) is 11.6 Å². The maximum atomic E-state index is 12.7. The summed E-state index contributed by atoms with van der Waals surface area (Å²) in [4.78, 5) is 33.0. The molecule has 1 amide bonds. The number of non-ortho nitro benzene ring substituents is 1. The number of benzene rings is 2. The molecule has 174 valence electrons. The minimum absolute atomic E-state index is 0.0494. The van der Waals surface area contributed by atoms with Crippen LogP contribution in [0.25, 0.3) is 11.2 Å². The van der Waals surface area contributed by atoms with Gasteiger partial charge in [-0.2, -0.15) is 0 Å². The fraction of sp³-hybridized carbons (Fsp3) is 0.240. The summed E-state index contributed by atoms with van der Waals surface area (Å²) in [5.74, 6) is 0.597. The molecule has 9 heteroatoms. The molecule has 4 rings (SSSR count). The first-order valence-corrected chi connectivity index (χ1v) is 11.4. The number of carbonyl (C=O) groups is 1. The third-order valence-corrected chi connectivity index (χ3v) is 5.81. The number of carbonyl (C=O) groups excluding carboxylic acids is 1. The van der Waals surface area contributed by atoms with E-state index >= 15 is 0 Å². The minimum atomic E-state index is -0.397. The highest BCUT2D eigenvalue weighted by Crippen LogP contribution is 2.25. The Hall–Kier alpha value is -3.78. The monoisotopic (exact) mass is 477 g/mol. The molecule has 0 fully saturated rings. The number of aryl methyl sites for hydroxylation is 2. The van der Waals surface area contributed by atoms with Crippen LogP contribution in [0.5, 0.6) is 0 Å². The van der Waals surface area contributed by atoms with E-state index < -0.39 is 4.92 Å². The van der Waals surface area contributed by atoms with Gasteiger partial charge >= 0.3 is 0 Å².